The van der Waals surface area contributed by atoms with Gasteiger partial charge in [-0.2, -0.15) is 0 Å². The Balaban J connectivity index is 0.00000106. The van der Waals surface area contributed by atoms with Crippen molar-refractivity contribution in [2.45, 2.75) is 26.5 Å². The van der Waals surface area contributed by atoms with E-state index in [4.69, 9.17) is 15.2 Å². The molecule has 0 unspecified atom stereocenters. The molecule has 0 saturated carbocycles. The fourth-order valence-corrected chi connectivity index (χ4v) is 1.67. The van der Waals surface area contributed by atoms with Gasteiger partial charge in [-0.25, -0.2) is 0 Å². The maximum atomic E-state index is 5.85. The van der Waals surface area contributed by atoms with Crippen molar-refractivity contribution in [3.8, 4) is 0 Å². The van der Waals surface area contributed by atoms with Crippen molar-refractivity contribution >= 4 is 5.69 Å². The smallest absolute Gasteiger partial charge is 0.105 e. The molecule has 0 bridgehead atoms. The van der Waals surface area contributed by atoms with Crippen LogP contribution in [0.1, 0.15) is 19.4 Å². The molecule has 2 rings (SSSR count). The van der Waals surface area contributed by atoms with Gasteiger partial charge in [0.1, 0.15) is 6.10 Å². The molecule has 5 nitrogen and oxygen atoms in total. The molecule has 0 spiro atoms. The number of hydrogen-bond acceptors (Lipinski definition) is 5. The molecule has 1 saturated heterocycles. The second-order valence-electron chi connectivity index (χ2n) is 4.56. The first-order valence-electron chi connectivity index (χ1n) is 7.42. The van der Waals surface area contributed by atoms with Crippen LogP contribution in [0, 0.1) is 0 Å². The van der Waals surface area contributed by atoms with Gasteiger partial charge < -0.3 is 25.8 Å². The Hall–Kier alpha value is -1.56. The van der Waals surface area contributed by atoms with Crippen LogP contribution in [0.15, 0.2) is 36.2 Å². The molecular weight excluding hydrogens is 266 g/mol. The summed E-state index contributed by atoms with van der Waals surface area (Å²) in [5.74, 6) is 0. The molecule has 1 aliphatic heterocycles. The molecule has 21 heavy (non-hydrogen) atoms. The molecule has 4 N–H and O–H groups in total. The fraction of sp³-hybridized carbons (Fsp3) is 0.500. The molecule has 5 heteroatoms. The van der Waals surface area contributed by atoms with E-state index in [0.717, 1.165) is 12.2 Å². The number of benzene rings is 1. The highest BCUT2D eigenvalue weighted by molar-refractivity contribution is 5.47. The molecule has 1 aromatic rings. The van der Waals surface area contributed by atoms with Crippen LogP contribution in [0.25, 0.3) is 0 Å². The van der Waals surface area contributed by atoms with E-state index in [2.05, 4.69) is 22.8 Å². The predicted octanol–water partition coefficient (Wildman–Crippen LogP) is 2.06. The molecule has 0 aromatic heterocycles. The van der Waals surface area contributed by atoms with Crippen LogP contribution in [0.2, 0.25) is 0 Å². The van der Waals surface area contributed by atoms with Gasteiger partial charge in [0.25, 0.3) is 0 Å². The lowest BCUT2D eigenvalue weighted by Crippen LogP contribution is -2.37. The van der Waals surface area contributed by atoms with Gasteiger partial charge in [-0.1, -0.05) is 26.0 Å². The summed E-state index contributed by atoms with van der Waals surface area (Å²) in [6, 6.07) is 8.20. The second-order valence-corrected chi connectivity index (χ2v) is 4.56. The zero-order valence-corrected chi connectivity index (χ0v) is 13.2. The van der Waals surface area contributed by atoms with Gasteiger partial charge in [-0.05, 0) is 24.7 Å². The second kappa shape index (κ2) is 10.2. The third-order valence-electron chi connectivity index (χ3n) is 2.85. The number of nitrogens with one attached hydrogen (secondary N) is 2. The van der Waals surface area contributed by atoms with Gasteiger partial charge in [0.2, 0.25) is 0 Å². The number of ether oxygens (including phenoxy) is 2. The minimum atomic E-state index is 0.202. The molecule has 0 radical (unpaired) electrons. The van der Waals surface area contributed by atoms with Crippen LogP contribution in [0.5, 0.6) is 0 Å². The normalized spacial score (nSPS) is 14.9. The Labute approximate surface area is 127 Å². The summed E-state index contributed by atoms with van der Waals surface area (Å²) in [6.45, 7) is 6.65. The summed E-state index contributed by atoms with van der Waals surface area (Å²) in [7, 11) is 1.93. The molecule has 118 valence electrons. The van der Waals surface area contributed by atoms with Crippen molar-refractivity contribution in [1.82, 2.24) is 5.32 Å². The number of anilines is 1. The quantitative estimate of drug-likeness (QED) is 0.718. The van der Waals surface area contributed by atoms with Crippen molar-refractivity contribution in [2.24, 2.45) is 5.73 Å². The summed E-state index contributed by atoms with van der Waals surface area (Å²) >= 11 is 0. The van der Waals surface area contributed by atoms with E-state index >= 15 is 0 Å². The molecule has 0 amide bonds. The van der Waals surface area contributed by atoms with E-state index in [1.54, 1.807) is 6.20 Å². The van der Waals surface area contributed by atoms with Crippen LogP contribution in [0.3, 0.4) is 0 Å². The number of rotatable bonds is 7. The van der Waals surface area contributed by atoms with Crippen LogP contribution in [0.4, 0.5) is 5.69 Å². The lowest BCUT2D eigenvalue weighted by Gasteiger charge is -2.25. The summed E-state index contributed by atoms with van der Waals surface area (Å²) in [4.78, 5) is 0. The van der Waals surface area contributed by atoms with Gasteiger partial charge >= 0.3 is 0 Å². The summed E-state index contributed by atoms with van der Waals surface area (Å²) in [6.07, 6.45) is 1.97. The van der Waals surface area contributed by atoms with E-state index in [9.17, 15) is 0 Å². The summed E-state index contributed by atoms with van der Waals surface area (Å²) in [5, 5.41) is 6.27. The lowest BCUT2D eigenvalue weighted by molar-refractivity contribution is -0.124. The first kappa shape index (κ1) is 17.5. The Kier molecular flexibility index (Phi) is 8.50. The third-order valence-corrected chi connectivity index (χ3v) is 2.85. The third kappa shape index (κ3) is 6.62. The molecule has 1 heterocycles. The first-order chi connectivity index (χ1) is 10.3. The zero-order chi connectivity index (χ0) is 15.5. The van der Waals surface area contributed by atoms with Crippen molar-refractivity contribution in [1.29, 1.82) is 0 Å². The number of hydrogen-bond donors (Lipinski definition) is 3. The molecular formula is C16H27N3O2. The van der Waals surface area contributed by atoms with Crippen LogP contribution in [-0.2, 0) is 16.0 Å². The zero-order valence-electron chi connectivity index (χ0n) is 13.2. The van der Waals surface area contributed by atoms with Crippen LogP contribution >= 0.6 is 0 Å². The number of nitrogens with two attached hydrogens (primary N) is 1. The van der Waals surface area contributed by atoms with Crippen LogP contribution < -0.4 is 16.4 Å². The lowest BCUT2D eigenvalue weighted by atomic mass is 10.2. The molecule has 1 aromatic carbocycles. The van der Waals surface area contributed by atoms with E-state index in [1.165, 1.54) is 5.56 Å². The van der Waals surface area contributed by atoms with E-state index in [0.29, 0.717) is 25.5 Å². The van der Waals surface area contributed by atoms with Gasteiger partial charge in [-0.3, -0.25) is 0 Å². The monoisotopic (exact) mass is 293 g/mol. The average Bonchev–Trinajstić information content (AvgIpc) is 2.47. The Morgan fingerprint density at radius 2 is 2.00 bits per heavy atom. The van der Waals surface area contributed by atoms with E-state index in [1.807, 2.05) is 33.0 Å². The van der Waals surface area contributed by atoms with Gasteiger partial charge in [-0.15, -0.1) is 0 Å². The van der Waals surface area contributed by atoms with Crippen molar-refractivity contribution < 1.29 is 9.47 Å². The summed E-state index contributed by atoms with van der Waals surface area (Å²) in [5.41, 5.74) is 8.78. The van der Waals surface area contributed by atoms with Crippen molar-refractivity contribution in [3.05, 3.63) is 41.7 Å². The Bertz CT molecular complexity index is 414. The summed E-state index contributed by atoms with van der Waals surface area (Å²) < 4.78 is 10.5. The highest BCUT2D eigenvalue weighted by atomic mass is 16.6. The SMILES string of the molecule is CC.CNCc1ccc(N/C=C(\N)COC2COC2)cc1. The predicted molar refractivity (Wildman–Crippen MR) is 87.0 cm³/mol. The maximum Gasteiger partial charge on any atom is 0.105 e. The van der Waals surface area contributed by atoms with Gasteiger partial charge in [0, 0.05) is 18.4 Å². The van der Waals surface area contributed by atoms with E-state index in [-0.39, 0.29) is 6.10 Å². The van der Waals surface area contributed by atoms with Gasteiger partial charge in [0.05, 0.1) is 25.5 Å². The average molecular weight is 293 g/mol. The van der Waals surface area contributed by atoms with Crippen molar-refractivity contribution in [2.75, 3.05) is 32.2 Å². The Morgan fingerprint density at radius 1 is 1.33 bits per heavy atom. The molecule has 1 fully saturated rings. The highest BCUT2D eigenvalue weighted by Gasteiger charge is 2.18. The largest absolute Gasteiger partial charge is 0.399 e. The molecule has 0 aliphatic carbocycles. The topological polar surface area (TPSA) is 68.5 Å². The first-order valence-corrected chi connectivity index (χ1v) is 7.42. The van der Waals surface area contributed by atoms with Crippen molar-refractivity contribution in [3.63, 3.8) is 0 Å². The minimum absolute atomic E-state index is 0.202. The fourth-order valence-electron chi connectivity index (χ4n) is 1.67. The van der Waals surface area contributed by atoms with Gasteiger partial charge in [0.15, 0.2) is 0 Å². The Morgan fingerprint density at radius 3 is 2.52 bits per heavy atom. The van der Waals surface area contributed by atoms with Crippen LogP contribution in [-0.4, -0.2) is 33.0 Å². The molecule has 1 aliphatic rings. The maximum absolute atomic E-state index is 5.85. The minimum Gasteiger partial charge on any atom is -0.399 e. The molecule has 0 atom stereocenters. The standard InChI is InChI=1S/C14H21N3O2.C2H6/c1-16-6-11-2-4-13(5-3-11)17-7-12(15)8-19-14-9-18-10-14;1-2/h2-5,7,14,16-17H,6,8-10,15H2,1H3;1-2H3/b12-7-;. The van der Waals surface area contributed by atoms with E-state index < -0.39 is 0 Å². The highest BCUT2D eigenvalue weighted by Crippen LogP contribution is 2.10.